The number of carbonyl (C=O) groups excluding carboxylic acids is 1. The standard InChI is InChI=1S/C17H20FN3O5S3/c1-13(19-28(23,24)15-6-3-2-5-14(15)18)17(22)20-8-10-21(11-9-20)29(25,26)16-7-4-12-27-16/h2-7,12-13,19H,8-11H2,1H3. The number of halogens is 1. The van der Waals surface area contributed by atoms with E-state index in [4.69, 9.17) is 0 Å². The fourth-order valence-corrected chi connectivity index (χ4v) is 6.81. The van der Waals surface area contributed by atoms with Crippen molar-refractivity contribution < 1.29 is 26.0 Å². The lowest BCUT2D eigenvalue weighted by Crippen LogP contribution is -2.55. The first kappa shape index (κ1) is 21.8. The van der Waals surface area contributed by atoms with Crippen molar-refractivity contribution in [3.05, 3.63) is 47.6 Å². The van der Waals surface area contributed by atoms with E-state index < -0.39 is 42.7 Å². The van der Waals surface area contributed by atoms with Gasteiger partial charge in [0.05, 0.1) is 6.04 Å². The molecule has 29 heavy (non-hydrogen) atoms. The Morgan fingerprint density at radius 1 is 1.07 bits per heavy atom. The van der Waals surface area contributed by atoms with Gasteiger partial charge in [-0.05, 0) is 30.5 Å². The molecule has 1 saturated heterocycles. The highest BCUT2D eigenvalue weighted by Crippen LogP contribution is 2.22. The minimum atomic E-state index is -4.21. The van der Waals surface area contributed by atoms with Crippen molar-refractivity contribution in [2.75, 3.05) is 26.2 Å². The summed E-state index contributed by atoms with van der Waals surface area (Å²) in [6.45, 7) is 1.86. The second-order valence-electron chi connectivity index (χ2n) is 6.43. The van der Waals surface area contributed by atoms with E-state index >= 15 is 0 Å². The van der Waals surface area contributed by atoms with Gasteiger partial charge in [-0.25, -0.2) is 21.2 Å². The maximum atomic E-state index is 13.8. The topological polar surface area (TPSA) is 104 Å². The molecular weight excluding hydrogens is 441 g/mol. The zero-order chi connectivity index (χ0) is 21.2. The summed E-state index contributed by atoms with van der Waals surface area (Å²) in [5.74, 6) is -1.41. The Morgan fingerprint density at radius 3 is 2.31 bits per heavy atom. The Morgan fingerprint density at radius 2 is 1.72 bits per heavy atom. The fourth-order valence-electron chi connectivity index (χ4n) is 2.97. The molecule has 1 aromatic heterocycles. The van der Waals surface area contributed by atoms with E-state index in [1.807, 2.05) is 0 Å². The van der Waals surface area contributed by atoms with Gasteiger partial charge in [0.1, 0.15) is 14.9 Å². The average molecular weight is 462 g/mol. The summed E-state index contributed by atoms with van der Waals surface area (Å²) in [6, 6.07) is 6.94. The number of hydrogen-bond donors (Lipinski definition) is 1. The molecule has 3 rings (SSSR count). The predicted molar refractivity (Wildman–Crippen MR) is 106 cm³/mol. The molecular formula is C17H20FN3O5S3. The van der Waals surface area contributed by atoms with Gasteiger partial charge >= 0.3 is 0 Å². The number of thiophene rings is 1. The van der Waals surface area contributed by atoms with Crippen LogP contribution in [-0.4, -0.2) is 64.2 Å². The maximum absolute atomic E-state index is 13.8. The Labute approximate surface area is 173 Å². The number of benzene rings is 1. The van der Waals surface area contributed by atoms with Crippen molar-refractivity contribution in [1.29, 1.82) is 0 Å². The molecule has 1 aromatic carbocycles. The van der Waals surface area contributed by atoms with Crippen LogP contribution in [-0.2, 0) is 24.8 Å². The minimum absolute atomic E-state index is 0.110. The highest BCUT2D eigenvalue weighted by Gasteiger charge is 2.33. The summed E-state index contributed by atoms with van der Waals surface area (Å²) in [4.78, 5) is 13.5. The minimum Gasteiger partial charge on any atom is -0.339 e. The molecule has 1 aliphatic rings. The number of carbonyl (C=O) groups is 1. The van der Waals surface area contributed by atoms with Crippen molar-refractivity contribution in [1.82, 2.24) is 13.9 Å². The van der Waals surface area contributed by atoms with Crippen LogP contribution in [0.3, 0.4) is 0 Å². The van der Waals surface area contributed by atoms with Crippen LogP contribution in [0.25, 0.3) is 0 Å². The summed E-state index contributed by atoms with van der Waals surface area (Å²) in [6.07, 6.45) is 0. The summed E-state index contributed by atoms with van der Waals surface area (Å²) in [5, 5.41) is 1.68. The summed E-state index contributed by atoms with van der Waals surface area (Å²) >= 11 is 1.12. The van der Waals surface area contributed by atoms with Gasteiger partial charge in [-0.2, -0.15) is 9.03 Å². The van der Waals surface area contributed by atoms with Crippen LogP contribution in [0.4, 0.5) is 4.39 Å². The van der Waals surface area contributed by atoms with E-state index in [2.05, 4.69) is 4.72 Å². The quantitative estimate of drug-likeness (QED) is 0.694. The van der Waals surface area contributed by atoms with Gasteiger partial charge in [-0.15, -0.1) is 11.3 Å². The van der Waals surface area contributed by atoms with Crippen molar-refractivity contribution in [3.8, 4) is 0 Å². The number of nitrogens with zero attached hydrogens (tertiary/aromatic N) is 2. The molecule has 1 aliphatic heterocycles. The summed E-state index contributed by atoms with van der Waals surface area (Å²) in [7, 11) is -7.81. The third kappa shape index (κ3) is 4.67. The number of piperazine rings is 1. The van der Waals surface area contributed by atoms with Crippen LogP contribution in [0.1, 0.15) is 6.92 Å². The highest BCUT2D eigenvalue weighted by molar-refractivity contribution is 7.91. The van der Waals surface area contributed by atoms with Crippen molar-refractivity contribution in [2.45, 2.75) is 22.1 Å². The van der Waals surface area contributed by atoms with E-state index in [0.717, 1.165) is 23.5 Å². The lowest BCUT2D eigenvalue weighted by Gasteiger charge is -2.35. The summed E-state index contributed by atoms with van der Waals surface area (Å²) in [5.41, 5.74) is 0. The molecule has 1 atom stereocenters. The van der Waals surface area contributed by atoms with Gasteiger partial charge in [-0.1, -0.05) is 18.2 Å². The summed E-state index contributed by atoms with van der Waals surface area (Å²) < 4.78 is 67.3. The van der Waals surface area contributed by atoms with Crippen molar-refractivity contribution >= 4 is 37.3 Å². The molecule has 12 heteroatoms. The zero-order valence-electron chi connectivity index (χ0n) is 15.5. The van der Waals surface area contributed by atoms with E-state index in [-0.39, 0.29) is 30.4 Å². The molecule has 0 radical (unpaired) electrons. The first-order valence-corrected chi connectivity index (χ1v) is 12.5. The largest absolute Gasteiger partial charge is 0.339 e. The average Bonchev–Trinajstić information content (AvgIpc) is 3.23. The van der Waals surface area contributed by atoms with Gasteiger partial charge < -0.3 is 4.90 Å². The molecule has 0 aliphatic carbocycles. The number of amides is 1. The molecule has 2 aromatic rings. The number of sulfonamides is 2. The van der Waals surface area contributed by atoms with Gasteiger partial charge in [0.25, 0.3) is 10.0 Å². The highest BCUT2D eigenvalue weighted by atomic mass is 32.2. The molecule has 0 spiro atoms. The van der Waals surface area contributed by atoms with Gasteiger partial charge in [0.15, 0.2) is 0 Å². The molecule has 2 heterocycles. The third-order valence-electron chi connectivity index (χ3n) is 4.47. The first-order valence-electron chi connectivity index (χ1n) is 8.72. The van der Waals surface area contributed by atoms with Crippen LogP contribution in [0, 0.1) is 5.82 Å². The lowest BCUT2D eigenvalue weighted by molar-refractivity contribution is -0.133. The van der Waals surface area contributed by atoms with Crippen LogP contribution in [0.2, 0.25) is 0 Å². The Balaban J connectivity index is 1.63. The normalized spacial score (nSPS) is 17.2. The van der Waals surface area contributed by atoms with Crippen LogP contribution >= 0.6 is 11.3 Å². The van der Waals surface area contributed by atoms with Crippen LogP contribution in [0.15, 0.2) is 50.9 Å². The van der Waals surface area contributed by atoms with Crippen LogP contribution < -0.4 is 4.72 Å². The smallest absolute Gasteiger partial charge is 0.252 e. The molecule has 0 bridgehead atoms. The van der Waals surface area contributed by atoms with E-state index in [1.54, 1.807) is 11.4 Å². The SMILES string of the molecule is CC(NS(=O)(=O)c1ccccc1F)C(=O)N1CCN(S(=O)(=O)c2cccs2)CC1. The second-order valence-corrected chi connectivity index (χ2v) is 11.2. The fraction of sp³-hybridized carbons (Fsp3) is 0.353. The predicted octanol–water partition coefficient (Wildman–Crippen LogP) is 1.09. The second kappa shape index (κ2) is 8.48. The van der Waals surface area contributed by atoms with E-state index in [9.17, 15) is 26.0 Å². The molecule has 8 nitrogen and oxygen atoms in total. The molecule has 1 N–H and O–H groups in total. The van der Waals surface area contributed by atoms with E-state index in [1.165, 1.54) is 34.3 Å². The number of nitrogens with one attached hydrogen (secondary N) is 1. The van der Waals surface area contributed by atoms with E-state index in [0.29, 0.717) is 0 Å². The van der Waals surface area contributed by atoms with Gasteiger partial charge in [0.2, 0.25) is 15.9 Å². The number of hydrogen-bond acceptors (Lipinski definition) is 6. The van der Waals surface area contributed by atoms with Crippen molar-refractivity contribution in [3.63, 3.8) is 0 Å². The Bertz CT molecular complexity index is 1080. The number of rotatable bonds is 6. The molecule has 158 valence electrons. The molecule has 1 unspecified atom stereocenters. The molecule has 1 fully saturated rings. The third-order valence-corrected chi connectivity index (χ3v) is 9.31. The Hall–Kier alpha value is -1.86. The monoisotopic (exact) mass is 461 g/mol. The van der Waals surface area contributed by atoms with Crippen molar-refractivity contribution in [2.24, 2.45) is 0 Å². The van der Waals surface area contributed by atoms with Gasteiger partial charge in [-0.3, -0.25) is 4.79 Å². The lowest BCUT2D eigenvalue weighted by atomic mass is 10.2. The molecule has 1 amide bonds. The Kier molecular flexibility index (Phi) is 6.39. The zero-order valence-corrected chi connectivity index (χ0v) is 17.9. The molecule has 0 saturated carbocycles. The van der Waals surface area contributed by atoms with Crippen LogP contribution in [0.5, 0.6) is 0 Å². The maximum Gasteiger partial charge on any atom is 0.252 e. The first-order chi connectivity index (χ1) is 13.6. The van der Waals surface area contributed by atoms with Gasteiger partial charge in [0, 0.05) is 26.2 Å².